The maximum atomic E-state index is 11.2. The van der Waals surface area contributed by atoms with E-state index in [1.807, 2.05) is 0 Å². The second-order valence-electron chi connectivity index (χ2n) is 9.12. The minimum Gasteiger partial charge on any atom is -0.507 e. The van der Waals surface area contributed by atoms with Crippen LogP contribution in [0.1, 0.15) is 32.5 Å². The molecule has 0 aliphatic rings. The van der Waals surface area contributed by atoms with Crippen LogP contribution in [0.2, 0.25) is 0 Å². The van der Waals surface area contributed by atoms with Gasteiger partial charge in [-0.25, -0.2) is 23.9 Å². The highest BCUT2D eigenvalue weighted by Gasteiger charge is 2.19. The predicted molar refractivity (Wildman–Crippen MR) is 141 cm³/mol. The lowest BCUT2D eigenvalue weighted by Gasteiger charge is -2.19. The zero-order valence-corrected chi connectivity index (χ0v) is 21.5. The summed E-state index contributed by atoms with van der Waals surface area (Å²) in [7, 11) is 3.38. The molecule has 0 aliphatic carbocycles. The fourth-order valence-electron chi connectivity index (χ4n) is 3.96. The molecule has 0 saturated heterocycles. The van der Waals surface area contributed by atoms with Gasteiger partial charge in [0.25, 0.3) is 0 Å². The molecular weight excluding hydrogens is 536 g/mol. The molecule has 15 nitrogen and oxygen atoms in total. The van der Waals surface area contributed by atoms with Crippen molar-refractivity contribution in [3.63, 3.8) is 0 Å². The minimum absolute atomic E-state index is 0.258. The van der Waals surface area contributed by atoms with E-state index in [4.69, 9.17) is 10.2 Å². The Hall–Kier alpha value is -5.67. The van der Waals surface area contributed by atoms with Crippen molar-refractivity contribution < 1.29 is 35.1 Å². The maximum Gasteiger partial charge on any atom is 0.339 e. The first kappa shape index (κ1) is 26.9. The third-order valence-electron chi connectivity index (χ3n) is 6.10. The van der Waals surface area contributed by atoms with Crippen LogP contribution < -0.4 is 0 Å². The Labute approximate surface area is 230 Å². The highest BCUT2D eigenvalue weighted by molar-refractivity contribution is 5.91. The third-order valence-corrected chi connectivity index (χ3v) is 6.10. The van der Waals surface area contributed by atoms with Crippen molar-refractivity contribution in [3.8, 4) is 45.6 Å². The van der Waals surface area contributed by atoms with Gasteiger partial charge in [-0.15, -0.1) is 10.2 Å². The Morgan fingerprint density at radius 1 is 0.732 bits per heavy atom. The van der Waals surface area contributed by atoms with Crippen LogP contribution in [0.4, 0.5) is 0 Å². The molecule has 0 amide bonds. The molecule has 5 N–H and O–H groups in total. The number of aliphatic hydroxyl groups excluding tert-OH is 1. The number of aromatic nitrogens is 7. The number of nitrogens with zero attached hydrogens (tertiary/aromatic N) is 8. The van der Waals surface area contributed by atoms with Crippen molar-refractivity contribution in [3.05, 3.63) is 77.6 Å². The largest absolute Gasteiger partial charge is 0.507 e. The first-order chi connectivity index (χ1) is 19.5. The average Bonchev–Trinajstić information content (AvgIpc) is 3.63. The Kier molecular flexibility index (Phi) is 6.88. The number of aliphatic hydroxyl groups is 1. The molecule has 0 bridgehead atoms. The Balaban J connectivity index is 1.53. The van der Waals surface area contributed by atoms with Gasteiger partial charge in [-0.3, -0.25) is 4.90 Å². The monoisotopic (exact) mass is 558 g/mol. The summed E-state index contributed by atoms with van der Waals surface area (Å²) in [6.07, 6.45) is 2.04. The number of hydrogen-bond acceptors (Lipinski definition) is 11. The number of carboxylic acid groups (broad SMARTS) is 2. The molecule has 3 heterocycles. The van der Waals surface area contributed by atoms with Crippen LogP contribution in [0.3, 0.4) is 0 Å². The van der Waals surface area contributed by atoms with E-state index in [-0.39, 0.29) is 11.1 Å². The van der Waals surface area contributed by atoms with E-state index in [0.717, 1.165) is 0 Å². The molecule has 1 unspecified atom stereocenters. The third kappa shape index (κ3) is 5.29. The number of rotatable bonds is 8. The number of hydrogen-bond donors (Lipinski definition) is 5. The van der Waals surface area contributed by atoms with Crippen molar-refractivity contribution in [2.45, 2.75) is 6.23 Å². The molecule has 41 heavy (non-hydrogen) atoms. The molecule has 2 aromatic carbocycles. The molecule has 0 fully saturated rings. The predicted octanol–water partition coefficient (Wildman–Crippen LogP) is 1.94. The van der Waals surface area contributed by atoms with E-state index in [2.05, 4.69) is 25.6 Å². The SMILES string of the molecule is CN(C)C(O)c1cc(-c2cn(-c3ccc(C(=O)O)c(O)c3)nn2)nc(-c2cn(-c3ccc(C(=O)O)c(O)c3)nn2)c1. The zero-order valence-electron chi connectivity index (χ0n) is 21.5. The van der Waals surface area contributed by atoms with Crippen LogP contribution in [0.5, 0.6) is 11.5 Å². The lowest BCUT2D eigenvalue weighted by Crippen LogP contribution is -2.19. The summed E-state index contributed by atoms with van der Waals surface area (Å²) in [5.74, 6) is -3.41. The van der Waals surface area contributed by atoms with Crippen LogP contribution in [-0.4, -0.2) is 91.4 Å². The molecular formula is C26H22N8O7. The van der Waals surface area contributed by atoms with Crippen LogP contribution >= 0.6 is 0 Å². The minimum atomic E-state index is -1.27. The molecule has 15 heteroatoms. The number of aromatic carboxylic acids is 2. The van der Waals surface area contributed by atoms with Gasteiger partial charge in [0.2, 0.25) is 0 Å². The van der Waals surface area contributed by atoms with Crippen LogP contribution in [-0.2, 0) is 0 Å². The smallest absolute Gasteiger partial charge is 0.339 e. The van der Waals surface area contributed by atoms with E-state index in [1.165, 1.54) is 58.2 Å². The highest BCUT2D eigenvalue weighted by Crippen LogP contribution is 2.28. The van der Waals surface area contributed by atoms with E-state index < -0.39 is 29.7 Å². The summed E-state index contributed by atoms with van der Waals surface area (Å²) >= 11 is 0. The van der Waals surface area contributed by atoms with Gasteiger partial charge in [0, 0.05) is 12.1 Å². The van der Waals surface area contributed by atoms with Gasteiger partial charge >= 0.3 is 11.9 Å². The molecule has 0 radical (unpaired) electrons. The summed E-state index contributed by atoms with van der Waals surface area (Å²) in [4.78, 5) is 28.6. The molecule has 5 rings (SSSR count). The second-order valence-corrected chi connectivity index (χ2v) is 9.12. The standard InChI is InChI=1S/C26H22N8O7/c1-32(2)24(37)13-7-18(20-11-33(30-28-20)14-3-5-16(25(38)39)22(35)9-14)27-19(8-13)21-12-34(31-29-21)15-4-6-17(26(40)41)23(36)10-15/h3-12,24,35-37H,1-2H3,(H,38,39)(H,40,41). The van der Waals surface area contributed by atoms with Gasteiger partial charge in [0.1, 0.15) is 40.2 Å². The molecule has 5 aromatic rings. The lowest BCUT2D eigenvalue weighted by molar-refractivity contribution is 0.0395. The molecule has 208 valence electrons. The zero-order chi connectivity index (χ0) is 29.4. The van der Waals surface area contributed by atoms with Crippen molar-refractivity contribution in [1.29, 1.82) is 0 Å². The molecule has 0 saturated carbocycles. The van der Waals surface area contributed by atoms with Crippen molar-refractivity contribution in [1.82, 2.24) is 39.9 Å². The Morgan fingerprint density at radius 2 is 1.17 bits per heavy atom. The van der Waals surface area contributed by atoms with Gasteiger partial charge in [-0.2, -0.15) is 0 Å². The highest BCUT2D eigenvalue weighted by atomic mass is 16.4. The summed E-state index contributed by atoms with van der Waals surface area (Å²) in [5.41, 5.74) is 1.93. The number of pyridine rings is 1. The van der Waals surface area contributed by atoms with E-state index in [9.17, 15) is 24.9 Å². The van der Waals surface area contributed by atoms with Gasteiger partial charge in [-0.05, 0) is 56.1 Å². The summed E-state index contributed by atoms with van der Waals surface area (Å²) in [6.45, 7) is 0. The van der Waals surface area contributed by atoms with Crippen LogP contribution in [0.15, 0.2) is 60.9 Å². The number of benzene rings is 2. The number of carbonyl (C=O) groups is 2. The fourth-order valence-corrected chi connectivity index (χ4v) is 3.96. The Bertz CT molecular complexity index is 1680. The van der Waals surface area contributed by atoms with Crippen molar-refractivity contribution in [2.24, 2.45) is 0 Å². The first-order valence-electron chi connectivity index (χ1n) is 11.9. The van der Waals surface area contributed by atoms with Gasteiger partial charge in [0.05, 0.1) is 35.2 Å². The van der Waals surface area contributed by atoms with Gasteiger partial charge < -0.3 is 25.5 Å². The van der Waals surface area contributed by atoms with Crippen LogP contribution in [0.25, 0.3) is 34.2 Å². The van der Waals surface area contributed by atoms with E-state index >= 15 is 0 Å². The molecule has 3 aromatic heterocycles. The normalized spacial score (nSPS) is 12.0. The van der Waals surface area contributed by atoms with E-state index in [1.54, 1.807) is 31.1 Å². The Morgan fingerprint density at radius 3 is 1.54 bits per heavy atom. The summed E-state index contributed by atoms with van der Waals surface area (Å²) in [5, 5.41) is 65.6. The molecule has 0 spiro atoms. The first-order valence-corrected chi connectivity index (χ1v) is 11.9. The summed E-state index contributed by atoms with van der Waals surface area (Å²) < 4.78 is 2.67. The maximum absolute atomic E-state index is 11.2. The van der Waals surface area contributed by atoms with E-state index in [0.29, 0.717) is 39.7 Å². The van der Waals surface area contributed by atoms with Crippen LogP contribution in [0, 0.1) is 0 Å². The van der Waals surface area contributed by atoms with Gasteiger partial charge in [0.15, 0.2) is 0 Å². The average molecular weight is 559 g/mol. The quantitative estimate of drug-likeness (QED) is 0.172. The molecule has 1 atom stereocenters. The van der Waals surface area contributed by atoms with Crippen molar-refractivity contribution in [2.75, 3.05) is 14.1 Å². The van der Waals surface area contributed by atoms with Crippen molar-refractivity contribution >= 4 is 11.9 Å². The summed E-state index contributed by atoms with van der Waals surface area (Å²) in [6, 6.07) is 11.2. The topological polar surface area (TPSA) is 213 Å². The second kappa shape index (κ2) is 10.5. The van der Waals surface area contributed by atoms with Gasteiger partial charge in [-0.1, -0.05) is 10.4 Å². The number of phenols is 2. The number of carboxylic acids is 2. The fraction of sp³-hybridized carbons (Fsp3) is 0.115. The number of aromatic hydroxyl groups is 2. The lowest BCUT2D eigenvalue weighted by atomic mass is 10.1. The molecule has 0 aliphatic heterocycles.